The molecule has 0 spiro atoms. The summed E-state index contributed by atoms with van der Waals surface area (Å²) in [5.41, 5.74) is 6.60. The van der Waals surface area contributed by atoms with Gasteiger partial charge in [0.15, 0.2) is 0 Å². The Kier molecular flexibility index (Phi) is 7.05. The van der Waals surface area contributed by atoms with Crippen LogP contribution in [0.1, 0.15) is 12.0 Å². The lowest BCUT2D eigenvalue weighted by molar-refractivity contribution is -0.120. The number of methoxy groups -OCH3 is 2. The zero-order valence-electron chi connectivity index (χ0n) is 13.7. The first-order valence-electron chi connectivity index (χ1n) is 7.34. The highest BCUT2D eigenvalue weighted by molar-refractivity contribution is 6.41. The number of ether oxygens (including phenoxy) is 2. The molecule has 0 aliphatic carbocycles. The lowest BCUT2D eigenvalue weighted by atomic mass is 10.1. The second-order valence-electron chi connectivity index (χ2n) is 5.14. The Morgan fingerprint density at radius 3 is 2.04 bits per heavy atom. The van der Waals surface area contributed by atoms with Crippen LogP contribution in [0.3, 0.4) is 0 Å². The molecule has 134 valence electrons. The number of rotatable bonds is 7. The van der Waals surface area contributed by atoms with Gasteiger partial charge >= 0.3 is 0 Å². The van der Waals surface area contributed by atoms with E-state index in [1.165, 1.54) is 12.1 Å². The smallest absolute Gasteiger partial charge is 0.238 e. The highest BCUT2D eigenvalue weighted by atomic mass is 35.5. The zero-order valence-corrected chi connectivity index (χ0v) is 15.9. The third kappa shape index (κ3) is 5.59. The molecule has 0 atom stereocenters. The van der Waals surface area contributed by atoms with Crippen LogP contribution in [-0.4, -0.2) is 20.1 Å². The normalized spacial score (nSPS) is 10.3. The minimum Gasteiger partial charge on any atom is -0.497 e. The predicted octanol–water partition coefficient (Wildman–Crippen LogP) is 4.74. The van der Waals surface area contributed by atoms with Gasteiger partial charge in [-0.15, -0.1) is 0 Å². The van der Waals surface area contributed by atoms with E-state index < -0.39 is 0 Å². The summed E-state index contributed by atoms with van der Waals surface area (Å²) < 4.78 is 10.4. The van der Waals surface area contributed by atoms with Gasteiger partial charge in [0.25, 0.3) is 0 Å². The maximum Gasteiger partial charge on any atom is 0.238 e. The minimum atomic E-state index is -0.219. The minimum absolute atomic E-state index is 0.219. The maximum absolute atomic E-state index is 12.0. The number of carbonyl (C=O) groups excluding carboxylic acids is 1. The highest BCUT2D eigenvalue weighted by Gasteiger charge is 2.10. The van der Waals surface area contributed by atoms with Gasteiger partial charge in [0, 0.05) is 17.5 Å². The van der Waals surface area contributed by atoms with Crippen molar-refractivity contribution in [3.63, 3.8) is 0 Å². The molecular weight excluding hydrogens is 387 g/mol. The summed E-state index contributed by atoms with van der Waals surface area (Å²) in [5.74, 6) is 1.13. The molecule has 0 heterocycles. The fraction of sp³-hybridized carbons (Fsp3) is 0.235. The zero-order chi connectivity index (χ0) is 18.4. The topological polar surface area (TPSA) is 59.6 Å². The molecule has 0 bridgehead atoms. The van der Waals surface area contributed by atoms with Crippen LogP contribution in [0.4, 0.5) is 5.69 Å². The average molecular weight is 404 g/mol. The van der Waals surface area contributed by atoms with Crippen LogP contribution in [0.15, 0.2) is 30.3 Å². The van der Waals surface area contributed by atoms with Gasteiger partial charge in [-0.2, -0.15) is 0 Å². The molecule has 0 aliphatic heterocycles. The number of anilines is 1. The van der Waals surface area contributed by atoms with Gasteiger partial charge in [-0.05, 0) is 36.2 Å². The van der Waals surface area contributed by atoms with Crippen LogP contribution in [0.5, 0.6) is 11.5 Å². The predicted molar refractivity (Wildman–Crippen MR) is 101 cm³/mol. The van der Waals surface area contributed by atoms with Gasteiger partial charge in [-0.25, -0.2) is 0 Å². The Balaban J connectivity index is 1.93. The van der Waals surface area contributed by atoms with E-state index >= 15 is 0 Å². The summed E-state index contributed by atoms with van der Waals surface area (Å²) in [6.45, 7) is 0. The molecule has 2 aromatic rings. The Hall–Kier alpha value is -1.82. The molecule has 0 aliphatic rings. The van der Waals surface area contributed by atoms with Gasteiger partial charge in [0.2, 0.25) is 5.91 Å². The maximum atomic E-state index is 12.0. The number of benzene rings is 2. The van der Waals surface area contributed by atoms with Crippen molar-refractivity contribution in [3.8, 4) is 11.5 Å². The number of hydrogen-bond acceptors (Lipinski definition) is 4. The SMILES string of the molecule is COc1cc(CCC(=O)NNc2c(Cl)cc(Cl)cc2Cl)cc(OC)c1. The second-order valence-corrected chi connectivity index (χ2v) is 6.39. The van der Waals surface area contributed by atoms with Crippen molar-refractivity contribution >= 4 is 46.4 Å². The van der Waals surface area contributed by atoms with E-state index in [0.29, 0.717) is 38.7 Å². The van der Waals surface area contributed by atoms with Gasteiger partial charge < -0.3 is 9.47 Å². The van der Waals surface area contributed by atoms with E-state index in [4.69, 9.17) is 44.3 Å². The molecule has 0 unspecified atom stereocenters. The number of aryl methyl sites for hydroxylation is 1. The molecule has 2 aromatic carbocycles. The standard InChI is InChI=1S/C17H17Cl3N2O3/c1-24-12-5-10(6-13(9-12)25-2)3-4-16(23)21-22-17-14(19)7-11(18)8-15(17)20/h5-9,22H,3-4H2,1-2H3,(H,21,23). The van der Waals surface area contributed by atoms with Crippen LogP contribution in [0, 0.1) is 0 Å². The van der Waals surface area contributed by atoms with E-state index in [1.54, 1.807) is 20.3 Å². The van der Waals surface area contributed by atoms with Crippen molar-refractivity contribution in [2.45, 2.75) is 12.8 Å². The summed E-state index contributed by atoms with van der Waals surface area (Å²) in [4.78, 5) is 12.0. The van der Waals surface area contributed by atoms with Crippen molar-refractivity contribution in [1.82, 2.24) is 5.43 Å². The van der Waals surface area contributed by atoms with Gasteiger partial charge in [0.05, 0.1) is 30.0 Å². The number of hydrazine groups is 1. The third-order valence-corrected chi connectivity index (χ3v) is 4.20. The lowest BCUT2D eigenvalue weighted by Gasteiger charge is -2.12. The number of carbonyl (C=O) groups is 1. The van der Waals surface area contributed by atoms with Gasteiger partial charge in [0.1, 0.15) is 11.5 Å². The first-order valence-corrected chi connectivity index (χ1v) is 8.47. The molecule has 2 N–H and O–H groups in total. The molecule has 0 radical (unpaired) electrons. The molecule has 8 heteroatoms. The number of amides is 1. The summed E-state index contributed by atoms with van der Waals surface area (Å²) in [5, 5.41) is 1.05. The van der Waals surface area contributed by atoms with Crippen LogP contribution in [0.2, 0.25) is 15.1 Å². The van der Waals surface area contributed by atoms with Crippen LogP contribution < -0.4 is 20.3 Å². The van der Waals surface area contributed by atoms with Gasteiger partial charge in [-0.3, -0.25) is 15.6 Å². The molecule has 0 saturated carbocycles. The number of nitrogens with one attached hydrogen (secondary N) is 2. The Morgan fingerprint density at radius 1 is 0.960 bits per heavy atom. The molecule has 0 saturated heterocycles. The Morgan fingerprint density at radius 2 is 1.52 bits per heavy atom. The van der Waals surface area contributed by atoms with E-state index in [1.807, 2.05) is 12.1 Å². The number of hydrogen-bond donors (Lipinski definition) is 2. The first-order chi connectivity index (χ1) is 11.9. The van der Waals surface area contributed by atoms with Crippen LogP contribution in [-0.2, 0) is 11.2 Å². The van der Waals surface area contributed by atoms with Crippen molar-refractivity contribution in [1.29, 1.82) is 0 Å². The van der Waals surface area contributed by atoms with E-state index in [0.717, 1.165) is 5.56 Å². The molecule has 2 rings (SSSR count). The molecular formula is C17H17Cl3N2O3. The largest absolute Gasteiger partial charge is 0.497 e. The first kappa shape index (κ1) is 19.5. The summed E-state index contributed by atoms with van der Waals surface area (Å²) in [6, 6.07) is 8.56. The lowest BCUT2D eigenvalue weighted by Crippen LogP contribution is -2.29. The number of halogens is 3. The fourth-order valence-electron chi connectivity index (χ4n) is 2.12. The monoisotopic (exact) mass is 402 g/mol. The summed E-state index contributed by atoms with van der Waals surface area (Å²) in [6.07, 6.45) is 0.773. The van der Waals surface area contributed by atoms with E-state index in [-0.39, 0.29) is 12.3 Å². The molecule has 0 aromatic heterocycles. The molecule has 0 fully saturated rings. The molecule has 5 nitrogen and oxygen atoms in total. The fourth-order valence-corrected chi connectivity index (χ4v) is 3.04. The summed E-state index contributed by atoms with van der Waals surface area (Å²) in [7, 11) is 3.16. The van der Waals surface area contributed by atoms with E-state index in [2.05, 4.69) is 10.9 Å². The van der Waals surface area contributed by atoms with Crippen LogP contribution >= 0.6 is 34.8 Å². The van der Waals surface area contributed by atoms with Crippen LogP contribution in [0.25, 0.3) is 0 Å². The van der Waals surface area contributed by atoms with E-state index in [9.17, 15) is 4.79 Å². The van der Waals surface area contributed by atoms with Gasteiger partial charge in [-0.1, -0.05) is 34.8 Å². The summed E-state index contributed by atoms with van der Waals surface area (Å²) >= 11 is 17.9. The van der Waals surface area contributed by atoms with Crippen molar-refractivity contribution < 1.29 is 14.3 Å². The molecule has 25 heavy (non-hydrogen) atoms. The Labute approximate surface area is 161 Å². The average Bonchev–Trinajstić information content (AvgIpc) is 2.58. The highest BCUT2D eigenvalue weighted by Crippen LogP contribution is 2.33. The van der Waals surface area contributed by atoms with Crippen molar-refractivity contribution in [2.75, 3.05) is 19.6 Å². The van der Waals surface area contributed by atoms with Crippen molar-refractivity contribution in [3.05, 3.63) is 51.0 Å². The third-order valence-electron chi connectivity index (χ3n) is 3.39. The van der Waals surface area contributed by atoms with Crippen molar-refractivity contribution in [2.24, 2.45) is 0 Å². The Bertz CT molecular complexity index is 724. The second kappa shape index (κ2) is 9.04. The molecule has 1 amide bonds. The quantitative estimate of drug-likeness (QED) is 0.656.